The van der Waals surface area contributed by atoms with Gasteiger partial charge in [-0.2, -0.15) is 0 Å². The molecule has 0 bridgehead atoms. The molecule has 0 spiro atoms. The molecular formula is C15H15BrN2S. The third kappa shape index (κ3) is 3.78. The zero-order valence-corrected chi connectivity index (χ0v) is 13.0. The predicted molar refractivity (Wildman–Crippen MR) is 89.8 cm³/mol. The molecule has 4 heteroatoms. The fourth-order valence-corrected chi connectivity index (χ4v) is 2.56. The highest BCUT2D eigenvalue weighted by atomic mass is 79.9. The van der Waals surface area contributed by atoms with Crippen molar-refractivity contribution in [1.29, 1.82) is 0 Å². The molecule has 1 N–H and O–H groups in total. The fourth-order valence-electron chi connectivity index (χ4n) is 1.81. The summed E-state index contributed by atoms with van der Waals surface area (Å²) in [5, 5.41) is 3.96. The number of nitrogens with zero attached hydrogens (tertiary/aromatic N) is 1. The normalized spacial score (nSPS) is 10.0. The van der Waals surface area contributed by atoms with Gasteiger partial charge in [-0.3, -0.25) is 0 Å². The number of hydrogen-bond donors (Lipinski definition) is 1. The predicted octanol–water partition coefficient (Wildman–Crippen LogP) is 4.67. The van der Waals surface area contributed by atoms with Crippen LogP contribution in [-0.4, -0.2) is 11.7 Å². The molecule has 0 heterocycles. The number of thiocarbonyl (C=S) groups is 1. The Bertz CT molecular complexity index is 557. The second-order valence-corrected chi connectivity index (χ2v) is 5.32. The van der Waals surface area contributed by atoms with Crippen molar-refractivity contribution in [3.8, 4) is 0 Å². The molecule has 2 aromatic carbocycles. The lowest BCUT2D eigenvalue weighted by Gasteiger charge is -2.24. The van der Waals surface area contributed by atoms with Gasteiger partial charge in [0.15, 0.2) is 5.11 Å². The zero-order valence-electron chi connectivity index (χ0n) is 10.6. The van der Waals surface area contributed by atoms with Crippen LogP contribution in [0.2, 0.25) is 0 Å². The van der Waals surface area contributed by atoms with Gasteiger partial charge in [-0.25, -0.2) is 0 Å². The Morgan fingerprint density at radius 2 is 1.89 bits per heavy atom. The topological polar surface area (TPSA) is 15.3 Å². The summed E-state index contributed by atoms with van der Waals surface area (Å²) in [6.07, 6.45) is 0. The van der Waals surface area contributed by atoms with E-state index in [0.717, 1.165) is 22.4 Å². The first-order valence-electron chi connectivity index (χ1n) is 6.10. The van der Waals surface area contributed by atoms with Crippen molar-refractivity contribution in [3.63, 3.8) is 0 Å². The SMILES string of the molecule is CCN(C(=S)Nc1cccc(Br)c1)c1ccccc1. The first kappa shape index (κ1) is 14.0. The van der Waals surface area contributed by atoms with Crippen molar-refractivity contribution >= 4 is 44.6 Å². The van der Waals surface area contributed by atoms with E-state index in [1.54, 1.807) is 0 Å². The van der Waals surface area contributed by atoms with Crippen LogP contribution in [0.1, 0.15) is 6.92 Å². The van der Waals surface area contributed by atoms with Gasteiger partial charge < -0.3 is 10.2 Å². The summed E-state index contributed by atoms with van der Waals surface area (Å²) in [7, 11) is 0. The number of para-hydroxylation sites is 1. The third-order valence-electron chi connectivity index (χ3n) is 2.71. The van der Waals surface area contributed by atoms with Crippen LogP contribution in [0.3, 0.4) is 0 Å². The van der Waals surface area contributed by atoms with Crippen LogP contribution < -0.4 is 10.2 Å². The fraction of sp³-hybridized carbons (Fsp3) is 0.133. The molecule has 0 saturated heterocycles. The average Bonchev–Trinajstić information content (AvgIpc) is 2.41. The van der Waals surface area contributed by atoms with Crippen LogP contribution in [0.5, 0.6) is 0 Å². The first-order chi connectivity index (χ1) is 9.20. The van der Waals surface area contributed by atoms with Gasteiger partial charge in [0.1, 0.15) is 0 Å². The summed E-state index contributed by atoms with van der Waals surface area (Å²) in [5.74, 6) is 0. The standard InChI is InChI=1S/C15H15BrN2S/c1-2-18(14-9-4-3-5-10-14)15(19)17-13-8-6-7-12(16)11-13/h3-11H,2H2,1H3,(H,17,19). The number of nitrogens with one attached hydrogen (secondary N) is 1. The van der Waals surface area contributed by atoms with E-state index < -0.39 is 0 Å². The Morgan fingerprint density at radius 3 is 2.53 bits per heavy atom. The number of rotatable bonds is 3. The highest BCUT2D eigenvalue weighted by molar-refractivity contribution is 9.10. The summed E-state index contributed by atoms with van der Waals surface area (Å²) in [4.78, 5) is 2.07. The van der Waals surface area contributed by atoms with Crippen molar-refractivity contribution in [2.45, 2.75) is 6.92 Å². The van der Waals surface area contributed by atoms with Crippen LogP contribution >= 0.6 is 28.1 Å². The Morgan fingerprint density at radius 1 is 1.16 bits per heavy atom. The number of benzene rings is 2. The lowest BCUT2D eigenvalue weighted by atomic mass is 10.3. The van der Waals surface area contributed by atoms with Crippen molar-refractivity contribution in [2.75, 3.05) is 16.8 Å². The van der Waals surface area contributed by atoms with E-state index in [2.05, 4.69) is 45.2 Å². The summed E-state index contributed by atoms with van der Waals surface area (Å²) in [6.45, 7) is 2.91. The van der Waals surface area contributed by atoms with E-state index in [0.29, 0.717) is 5.11 Å². The largest absolute Gasteiger partial charge is 0.332 e. The van der Waals surface area contributed by atoms with Gasteiger partial charge in [0.2, 0.25) is 0 Å². The maximum atomic E-state index is 5.48. The monoisotopic (exact) mass is 334 g/mol. The molecule has 0 fully saturated rings. The molecule has 0 radical (unpaired) electrons. The van der Waals surface area contributed by atoms with Crippen LogP contribution in [0, 0.1) is 0 Å². The minimum absolute atomic E-state index is 0.701. The van der Waals surface area contributed by atoms with Gasteiger partial charge in [-0.1, -0.05) is 40.2 Å². The van der Waals surface area contributed by atoms with Crippen molar-refractivity contribution in [1.82, 2.24) is 0 Å². The van der Waals surface area contributed by atoms with Crippen molar-refractivity contribution < 1.29 is 0 Å². The lowest BCUT2D eigenvalue weighted by molar-refractivity contribution is 1.07. The van der Waals surface area contributed by atoms with Gasteiger partial charge in [0.05, 0.1) is 0 Å². The van der Waals surface area contributed by atoms with Crippen LogP contribution in [0.15, 0.2) is 59.1 Å². The quantitative estimate of drug-likeness (QED) is 0.821. The van der Waals surface area contributed by atoms with E-state index in [1.165, 1.54) is 0 Å². The lowest BCUT2D eigenvalue weighted by Crippen LogP contribution is -2.34. The molecule has 0 atom stereocenters. The molecule has 2 aromatic rings. The van der Waals surface area contributed by atoms with Gasteiger partial charge in [0.25, 0.3) is 0 Å². The summed E-state index contributed by atoms with van der Waals surface area (Å²) < 4.78 is 1.03. The minimum Gasteiger partial charge on any atom is -0.332 e. The Hall–Kier alpha value is -1.39. The van der Waals surface area contributed by atoms with Gasteiger partial charge in [-0.05, 0) is 49.5 Å². The Balaban J connectivity index is 2.14. The Kier molecular flexibility index (Phi) is 4.93. The summed E-state index contributed by atoms with van der Waals surface area (Å²) in [5.41, 5.74) is 2.08. The molecule has 0 aliphatic heterocycles. The molecule has 0 unspecified atom stereocenters. The van der Waals surface area contributed by atoms with Crippen LogP contribution in [0.25, 0.3) is 0 Å². The van der Waals surface area contributed by atoms with Gasteiger partial charge in [-0.15, -0.1) is 0 Å². The summed E-state index contributed by atoms with van der Waals surface area (Å²) >= 11 is 8.94. The van der Waals surface area contributed by atoms with Crippen molar-refractivity contribution in [2.24, 2.45) is 0 Å². The zero-order chi connectivity index (χ0) is 13.7. The van der Waals surface area contributed by atoms with Gasteiger partial charge >= 0.3 is 0 Å². The van der Waals surface area contributed by atoms with E-state index in [4.69, 9.17) is 12.2 Å². The Labute approximate surface area is 127 Å². The maximum absolute atomic E-state index is 5.48. The first-order valence-corrected chi connectivity index (χ1v) is 7.30. The molecule has 0 saturated carbocycles. The highest BCUT2D eigenvalue weighted by Crippen LogP contribution is 2.18. The molecule has 2 nitrogen and oxygen atoms in total. The van der Waals surface area contributed by atoms with Crippen LogP contribution in [-0.2, 0) is 0 Å². The van der Waals surface area contributed by atoms with E-state index in [-0.39, 0.29) is 0 Å². The number of anilines is 2. The smallest absolute Gasteiger partial charge is 0.177 e. The highest BCUT2D eigenvalue weighted by Gasteiger charge is 2.09. The van der Waals surface area contributed by atoms with E-state index in [1.807, 2.05) is 42.5 Å². The molecule has 0 amide bonds. The van der Waals surface area contributed by atoms with E-state index >= 15 is 0 Å². The van der Waals surface area contributed by atoms with Gasteiger partial charge in [0, 0.05) is 22.4 Å². The van der Waals surface area contributed by atoms with Crippen LogP contribution in [0.4, 0.5) is 11.4 Å². The molecule has 0 aliphatic rings. The second kappa shape index (κ2) is 6.68. The number of halogens is 1. The third-order valence-corrected chi connectivity index (χ3v) is 3.52. The minimum atomic E-state index is 0.701. The molecule has 98 valence electrons. The number of hydrogen-bond acceptors (Lipinski definition) is 1. The molecular weight excluding hydrogens is 320 g/mol. The molecule has 0 aliphatic carbocycles. The average molecular weight is 335 g/mol. The van der Waals surface area contributed by atoms with Crippen molar-refractivity contribution in [3.05, 3.63) is 59.1 Å². The maximum Gasteiger partial charge on any atom is 0.177 e. The summed E-state index contributed by atoms with van der Waals surface area (Å²) in [6, 6.07) is 18.1. The van der Waals surface area contributed by atoms with E-state index in [9.17, 15) is 0 Å². The molecule has 2 rings (SSSR count). The molecule has 0 aromatic heterocycles. The molecule has 19 heavy (non-hydrogen) atoms. The second-order valence-electron chi connectivity index (χ2n) is 4.02.